The lowest BCUT2D eigenvalue weighted by molar-refractivity contribution is -0.0281. The molecule has 34 heavy (non-hydrogen) atoms. The topological polar surface area (TPSA) is 0 Å². The van der Waals surface area contributed by atoms with E-state index in [0.29, 0.717) is 10.8 Å². The van der Waals surface area contributed by atoms with Crippen molar-refractivity contribution >= 4 is 16.1 Å². The molecule has 4 aliphatic carbocycles. The average Bonchev–Trinajstić information content (AvgIpc) is 2.75. The molecule has 0 N–H and O–H groups in total. The van der Waals surface area contributed by atoms with Crippen LogP contribution in [0, 0.1) is 11.8 Å². The highest BCUT2D eigenvalue weighted by atomic mass is 28.3. The second kappa shape index (κ2) is 8.77. The fourth-order valence-corrected chi connectivity index (χ4v) is 10.1. The Bertz CT molecular complexity index is 894. The summed E-state index contributed by atoms with van der Waals surface area (Å²) in [5, 5.41) is 0. The van der Waals surface area contributed by atoms with E-state index in [4.69, 9.17) is 0 Å². The average molecular weight is 489 g/mol. The van der Waals surface area contributed by atoms with Crippen LogP contribution >= 0.6 is 0 Å². The van der Waals surface area contributed by atoms with Crippen LogP contribution in [0.2, 0.25) is 51.4 Å². The number of aryl methyl sites for hydroxylation is 2. The first-order valence-electron chi connectivity index (χ1n) is 14.1. The van der Waals surface area contributed by atoms with Crippen LogP contribution in [-0.2, 0) is 23.7 Å². The van der Waals surface area contributed by atoms with Crippen molar-refractivity contribution in [3.63, 3.8) is 0 Å². The Balaban J connectivity index is 1.36. The molecule has 0 radical (unpaired) electrons. The molecule has 0 aliphatic heterocycles. The zero-order valence-electron chi connectivity index (χ0n) is 22.8. The van der Waals surface area contributed by atoms with E-state index in [1.165, 1.54) is 63.5 Å². The van der Waals surface area contributed by atoms with Crippen molar-refractivity contribution in [1.82, 2.24) is 0 Å². The van der Waals surface area contributed by atoms with E-state index < -0.39 is 16.1 Å². The molecular weight excluding hydrogens is 441 g/mol. The minimum atomic E-state index is -0.975. The maximum atomic E-state index is 2.54. The van der Waals surface area contributed by atoms with E-state index in [2.05, 4.69) is 87.8 Å². The molecule has 0 heterocycles. The minimum absolute atomic E-state index is 0.428. The molecule has 0 saturated heterocycles. The van der Waals surface area contributed by atoms with Gasteiger partial charge in [0, 0.05) is 16.1 Å². The molecule has 4 saturated carbocycles. The highest BCUT2D eigenvalue weighted by Crippen LogP contribution is 2.66. The molecule has 2 heteroatoms. The van der Waals surface area contributed by atoms with Gasteiger partial charge in [0.2, 0.25) is 0 Å². The van der Waals surface area contributed by atoms with E-state index >= 15 is 0 Å². The van der Waals surface area contributed by atoms with E-state index in [-0.39, 0.29) is 0 Å². The van der Waals surface area contributed by atoms with Gasteiger partial charge in [0.15, 0.2) is 0 Å². The van der Waals surface area contributed by atoms with Crippen molar-refractivity contribution in [2.45, 2.75) is 114 Å². The third kappa shape index (κ3) is 5.19. The predicted molar refractivity (Wildman–Crippen MR) is 155 cm³/mol. The van der Waals surface area contributed by atoms with E-state index in [9.17, 15) is 0 Å². The molecule has 6 rings (SSSR count). The molecule has 0 nitrogen and oxygen atoms in total. The zero-order chi connectivity index (χ0) is 24.2. The zero-order valence-corrected chi connectivity index (χ0v) is 24.8. The van der Waals surface area contributed by atoms with E-state index in [1.807, 2.05) is 0 Å². The predicted octanol–water partition coefficient (Wildman–Crippen LogP) is 9.24. The van der Waals surface area contributed by atoms with Gasteiger partial charge in [-0.15, -0.1) is 0 Å². The number of hydrogen-bond acceptors (Lipinski definition) is 0. The van der Waals surface area contributed by atoms with Gasteiger partial charge in [-0.05, 0) is 96.3 Å². The smallest absolute Gasteiger partial charge is 0.0445 e. The normalized spacial score (nSPS) is 30.6. The largest absolute Gasteiger partial charge is 0.0695 e. The molecule has 0 amide bonds. The van der Waals surface area contributed by atoms with E-state index in [0.717, 1.165) is 11.8 Å². The van der Waals surface area contributed by atoms with Gasteiger partial charge in [-0.2, -0.15) is 0 Å². The van der Waals surface area contributed by atoms with Gasteiger partial charge in [0.1, 0.15) is 0 Å². The van der Waals surface area contributed by atoms with Crippen LogP contribution in [0.3, 0.4) is 0 Å². The summed E-state index contributed by atoms with van der Waals surface area (Å²) in [6.45, 7) is 15.0. The van der Waals surface area contributed by atoms with Crippen molar-refractivity contribution in [2.75, 3.05) is 0 Å². The van der Waals surface area contributed by atoms with Crippen LogP contribution < -0.4 is 0 Å². The van der Waals surface area contributed by atoms with Crippen molar-refractivity contribution in [3.05, 3.63) is 70.8 Å². The highest BCUT2D eigenvalue weighted by Gasteiger charge is 2.58. The van der Waals surface area contributed by atoms with Crippen molar-refractivity contribution < 1.29 is 0 Å². The fraction of sp³-hybridized carbons (Fsp3) is 0.625. The van der Waals surface area contributed by atoms with Crippen LogP contribution in [0.25, 0.3) is 0 Å². The first kappa shape index (κ1) is 24.6. The van der Waals surface area contributed by atoms with Crippen LogP contribution in [0.15, 0.2) is 48.5 Å². The first-order chi connectivity index (χ1) is 15.9. The summed E-state index contributed by atoms with van der Waals surface area (Å²) in [5.41, 5.74) is 7.29. The third-order valence-corrected chi connectivity index (χ3v) is 13.0. The van der Waals surface area contributed by atoms with Crippen molar-refractivity contribution in [2.24, 2.45) is 11.8 Å². The maximum absolute atomic E-state index is 2.54. The summed E-state index contributed by atoms with van der Waals surface area (Å²) in [6, 6.07) is 22.9. The summed E-state index contributed by atoms with van der Waals surface area (Å²) in [6.07, 6.45) is 11.2. The summed E-state index contributed by atoms with van der Waals surface area (Å²) in [5.74, 6) is 1.86. The molecule has 0 unspecified atom stereocenters. The number of hydrogen-bond donors (Lipinski definition) is 0. The Morgan fingerprint density at radius 3 is 1.26 bits per heavy atom. The second-order valence-electron chi connectivity index (χ2n) is 15.0. The molecule has 4 fully saturated rings. The fourth-order valence-electron chi connectivity index (χ4n) is 8.03. The Kier molecular flexibility index (Phi) is 6.33. The van der Waals surface area contributed by atoms with Crippen molar-refractivity contribution in [3.8, 4) is 0 Å². The molecule has 2 aromatic carbocycles. The van der Waals surface area contributed by atoms with Gasteiger partial charge in [0.25, 0.3) is 0 Å². The highest BCUT2D eigenvalue weighted by molar-refractivity contribution is 6.76. The minimum Gasteiger partial charge on any atom is -0.0695 e. The van der Waals surface area contributed by atoms with Gasteiger partial charge in [-0.1, -0.05) is 99.9 Å². The number of benzene rings is 2. The molecule has 0 aromatic heterocycles. The van der Waals surface area contributed by atoms with Gasteiger partial charge < -0.3 is 0 Å². The lowest BCUT2D eigenvalue weighted by Crippen LogP contribution is -2.55. The number of rotatable bonds is 8. The monoisotopic (exact) mass is 488 g/mol. The van der Waals surface area contributed by atoms with Crippen LogP contribution in [0.1, 0.15) is 60.8 Å². The second-order valence-corrected chi connectivity index (χ2v) is 26.3. The molecule has 0 spiro atoms. The molecular formula is C32H48Si2. The molecule has 2 aromatic rings. The standard InChI is InChI=1S/C32H48Si2/c1-33(2,3)17-15-25-7-11-29(12-8-25)31-20-27-19-28(21-31)23-32(22-27,24-31)30-13-9-26(10-14-30)16-18-34(4,5)6/h7-14,27-28H,15-24H2,1-6H3. The van der Waals surface area contributed by atoms with Crippen molar-refractivity contribution in [1.29, 1.82) is 0 Å². The Morgan fingerprint density at radius 1 is 0.588 bits per heavy atom. The Morgan fingerprint density at radius 2 is 0.941 bits per heavy atom. The van der Waals surface area contributed by atoms with Crippen LogP contribution in [-0.4, -0.2) is 16.1 Å². The van der Waals surface area contributed by atoms with E-state index in [1.54, 1.807) is 22.3 Å². The molecule has 0 atom stereocenters. The molecule has 184 valence electrons. The lowest BCUT2D eigenvalue weighted by Gasteiger charge is -2.63. The van der Waals surface area contributed by atoms with Gasteiger partial charge in [-0.25, -0.2) is 0 Å². The Hall–Kier alpha value is -1.13. The summed E-state index contributed by atoms with van der Waals surface area (Å²) in [7, 11) is -1.95. The SMILES string of the molecule is C[Si](C)(C)CCc1ccc(C23CC4CC(C2)CC(c2ccc(CC[Si](C)(C)C)cc2)(C4)C3)cc1. The summed E-state index contributed by atoms with van der Waals surface area (Å²) in [4.78, 5) is 0. The third-order valence-electron chi connectivity index (χ3n) is 9.52. The lowest BCUT2D eigenvalue weighted by atomic mass is 9.41. The molecule has 4 bridgehead atoms. The first-order valence-corrected chi connectivity index (χ1v) is 21.5. The van der Waals surface area contributed by atoms with Gasteiger partial charge in [0.05, 0.1) is 0 Å². The summed E-state index contributed by atoms with van der Waals surface area (Å²) < 4.78 is 0. The van der Waals surface area contributed by atoms with Crippen LogP contribution in [0.4, 0.5) is 0 Å². The quantitative estimate of drug-likeness (QED) is 0.325. The van der Waals surface area contributed by atoms with Gasteiger partial charge in [-0.3, -0.25) is 0 Å². The summed E-state index contributed by atoms with van der Waals surface area (Å²) >= 11 is 0. The Labute approximate surface area is 212 Å². The van der Waals surface area contributed by atoms with Gasteiger partial charge >= 0.3 is 0 Å². The maximum Gasteiger partial charge on any atom is 0.0445 e. The van der Waals surface area contributed by atoms with Crippen LogP contribution in [0.5, 0.6) is 0 Å². The molecule has 4 aliphatic rings.